The maximum absolute atomic E-state index is 6.41. The molecule has 0 radical (unpaired) electrons. The maximum atomic E-state index is 6.41. The highest BCUT2D eigenvalue weighted by Crippen LogP contribution is 2.32. The standard InChI is InChI=1S/C21H20N6O3/c1-28-16-8-7-14(11-17(16)29-2)25-21-27-26-20(30-21)15-6-4-10-24-19(15)18(22)13-5-3-9-23-12-13/h3-12,18H,22H2,1-2H3,(H,25,27). The van der Waals surface area contributed by atoms with Gasteiger partial charge in [0, 0.05) is 30.3 Å². The minimum Gasteiger partial charge on any atom is -0.493 e. The average Bonchev–Trinajstić information content (AvgIpc) is 3.27. The van der Waals surface area contributed by atoms with Crippen molar-refractivity contribution in [3.63, 3.8) is 0 Å². The summed E-state index contributed by atoms with van der Waals surface area (Å²) in [5, 5.41) is 11.3. The first-order valence-electron chi connectivity index (χ1n) is 9.13. The number of benzene rings is 1. The van der Waals surface area contributed by atoms with Crippen LogP contribution in [-0.4, -0.2) is 34.4 Å². The van der Waals surface area contributed by atoms with E-state index in [4.69, 9.17) is 19.6 Å². The maximum Gasteiger partial charge on any atom is 0.320 e. The van der Waals surface area contributed by atoms with Crippen LogP contribution in [-0.2, 0) is 0 Å². The Hall–Kier alpha value is -3.98. The highest BCUT2D eigenvalue weighted by Gasteiger charge is 2.20. The fourth-order valence-electron chi connectivity index (χ4n) is 2.98. The molecule has 9 nitrogen and oxygen atoms in total. The van der Waals surface area contributed by atoms with Gasteiger partial charge in [-0.15, -0.1) is 5.10 Å². The minimum absolute atomic E-state index is 0.224. The number of nitrogens with zero attached hydrogens (tertiary/aromatic N) is 4. The van der Waals surface area contributed by atoms with Crippen LogP contribution in [0.4, 0.5) is 11.7 Å². The molecule has 152 valence electrons. The zero-order valence-corrected chi connectivity index (χ0v) is 16.4. The van der Waals surface area contributed by atoms with E-state index in [1.54, 1.807) is 51.0 Å². The number of nitrogens with one attached hydrogen (secondary N) is 1. The van der Waals surface area contributed by atoms with Gasteiger partial charge in [-0.25, -0.2) is 0 Å². The molecule has 3 heterocycles. The van der Waals surface area contributed by atoms with Crippen molar-refractivity contribution in [2.75, 3.05) is 19.5 Å². The lowest BCUT2D eigenvalue weighted by molar-refractivity contribution is 0.355. The number of nitrogens with two attached hydrogens (primary N) is 1. The molecule has 9 heteroatoms. The predicted molar refractivity (Wildman–Crippen MR) is 111 cm³/mol. The van der Waals surface area contributed by atoms with E-state index < -0.39 is 6.04 Å². The second-order valence-corrected chi connectivity index (χ2v) is 6.31. The van der Waals surface area contributed by atoms with Crippen molar-refractivity contribution >= 4 is 11.7 Å². The Morgan fingerprint density at radius 2 is 1.83 bits per heavy atom. The van der Waals surface area contributed by atoms with Gasteiger partial charge < -0.3 is 24.9 Å². The lowest BCUT2D eigenvalue weighted by atomic mass is 10.0. The van der Waals surface area contributed by atoms with E-state index in [1.807, 2.05) is 24.3 Å². The van der Waals surface area contributed by atoms with Crippen LogP contribution in [0.3, 0.4) is 0 Å². The number of pyridine rings is 2. The van der Waals surface area contributed by atoms with Crippen LogP contribution in [0.25, 0.3) is 11.5 Å². The van der Waals surface area contributed by atoms with E-state index in [1.165, 1.54) is 0 Å². The summed E-state index contributed by atoms with van der Waals surface area (Å²) in [6.45, 7) is 0. The van der Waals surface area contributed by atoms with Crippen LogP contribution >= 0.6 is 0 Å². The molecule has 0 spiro atoms. The Balaban J connectivity index is 1.61. The summed E-state index contributed by atoms with van der Waals surface area (Å²) in [5.74, 6) is 1.51. The summed E-state index contributed by atoms with van der Waals surface area (Å²) in [5.41, 5.74) is 9.23. The van der Waals surface area contributed by atoms with Crippen LogP contribution in [0, 0.1) is 0 Å². The lowest BCUT2D eigenvalue weighted by Gasteiger charge is -2.13. The fourth-order valence-corrected chi connectivity index (χ4v) is 2.98. The molecule has 4 rings (SSSR count). The van der Waals surface area contributed by atoms with Crippen LogP contribution in [0.2, 0.25) is 0 Å². The Kier molecular flexibility index (Phi) is 5.53. The van der Waals surface area contributed by atoms with Crippen LogP contribution in [0.5, 0.6) is 11.5 Å². The van der Waals surface area contributed by atoms with Crippen molar-refractivity contribution in [3.8, 4) is 23.0 Å². The number of ether oxygens (including phenoxy) is 2. The molecular weight excluding hydrogens is 384 g/mol. The zero-order chi connectivity index (χ0) is 20.9. The molecule has 0 saturated carbocycles. The van der Waals surface area contributed by atoms with Crippen molar-refractivity contribution in [3.05, 3.63) is 72.3 Å². The number of aromatic nitrogens is 4. The SMILES string of the molecule is COc1ccc(Nc2nnc(-c3cccnc3C(N)c3cccnc3)o2)cc1OC. The first-order valence-corrected chi connectivity index (χ1v) is 9.13. The molecule has 1 aromatic carbocycles. The van der Waals surface area contributed by atoms with E-state index >= 15 is 0 Å². The van der Waals surface area contributed by atoms with E-state index in [0.29, 0.717) is 34.3 Å². The van der Waals surface area contributed by atoms with Crippen molar-refractivity contribution in [2.24, 2.45) is 5.73 Å². The minimum atomic E-state index is -0.482. The van der Waals surface area contributed by atoms with E-state index in [9.17, 15) is 0 Å². The molecule has 0 bridgehead atoms. The first kappa shape index (κ1) is 19.3. The molecule has 0 saturated heterocycles. The summed E-state index contributed by atoms with van der Waals surface area (Å²) in [4.78, 5) is 8.56. The summed E-state index contributed by atoms with van der Waals surface area (Å²) < 4.78 is 16.4. The predicted octanol–water partition coefficient (Wildman–Crippen LogP) is 3.34. The van der Waals surface area contributed by atoms with Crippen molar-refractivity contribution in [1.82, 2.24) is 20.2 Å². The Morgan fingerprint density at radius 3 is 2.60 bits per heavy atom. The number of hydrogen-bond donors (Lipinski definition) is 2. The highest BCUT2D eigenvalue weighted by molar-refractivity contribution is 5.62. The van der Waals surface area contributed by atoms with E-state index in [0.717, 1.165) is 5.56 Å². The molecule has 0 fully saturated rings. The molecule has 0 aliphatic carbocycles. The number of hydrogen-bond acceptors (Lipinski definition) is 9. The molecule has 1 unspecified atom stereocenters. The summed E-state index contributed by atoms with van der Waals surface area (Å²) >= 11 is 0. The second-order valence-electron chi connectivity index (χ2n) is 6.31. The molecule has 3 N–H and O–H groups in total. The largest absolute Gasteiger partial charge is 0.493 e. The van der Waals surface area contributed by atoms with Gasteiger partial charge in [0.05, 0.1) is 31.5 Å². The van der Waals surface area contributed by atoms with Gasteiger partial charge in [0.25, 0.3) is 5.89 Å². The molecule has 0 aliphatic rings. The summed E-state index contributed by atoms with van der Waals surface area (Å²) in [7, 11) is 3.15. The summed E-state index contributed by atoms with van der Waals surface area (Å²) in [6.07, 6.45) is 5.08. The van der Waals surface area contributed by atoms with Gasteiger partial charge in [-0.05, 0) is 35.9 Å². The van der Waals surface area contributed by atoms with Gasteiger partial charge in [-0.3, -0.25) is 9.97 Å². The fraction of sp³-hybridized carbons (Fsp3) is 0.143. The van der Waals surface area contributed by atoms with Crippen molar-refractivity contribution in [2.45, 2.75) is 6.04 Å². The van der Waals surface area contributed by atoms with Crippen LogP contribution in [0.15, 0.2) is 65.5 Å². The molecule has 3 aromatic heterocycles. The molecular formula is C21H20N6O3. The Labute approximate surface area is 172 Å². The van der Waals surface area contributed by atoms with Crippen LogP contribution < -0.4 is 20.5 Å². The quantitative estimate of drug-likeness (QED) is 0.477. The normalized spacial score (nSPS) is 11.7. The highest BCUT2D eigenvalue weighted by atomic mass is 16.5. The molecule has 30 heavy (non-hydrogen) atoms. The number of methoxy groups -OCH3 is 2. The Morgan fingerprint density at radius 1 is 1.00 bits per heavy atom. The van der Waals surface area contributed by atoms with Crippen molar-refractivity contribution in [1.29, 1.82) is 0 Å². The Bertz CT molecular complexity index is 1130. The summed E-state index contributed by atoms with van der Waals surface area (Å²) in [6, 6.07) is 12.5. The van der Waals surface area contributed by atoms with Gasteiger partial charge in [-0.1, -0.05) is 11.2 Å². The zero-order valence-electron chi connectivity index (χ0n) is 16.4. The van der Waals surface area contributed by atoms with Gasteiger partial charge >= 0.3 is 6.01 Å². The number of rotatable bonds is 7. The van der Waals surface area contributed by atoms with Gasteiger partial charge in [0.1, 0.15) is 0 Å². The number of anilines is 2. The topological polar surface area (TPSA) is 121 Å². The molecule has 1 atom stereocenters. The third kappa shape index (κ3) is 3.91. The second kappa shape index (κ2) is 8.58. The first-order chi connectivity index (χ1) is 14.7. The third-order valence-electron chi connectivity index (χ3n) is 4.47. The van der Waals surface area contributed by atoms with Crippen molar-refractivity contribution < 1.29 is 13.9 Å². The van der Waals surface area contributed by atoms with Gasteiger partial charge in [0.15, 0.2) is 11.5 Å². The smallest absolute Gasteiger partial charge is 0.320 e. The third-order valence-corrected chi connectivity index (χ3v) is 4.47. The lowest BCUT2D eigenvalue weighted by Crippen LogP contribution is -2.15. The van der Waals surface area contributed by atoms with Gasteiger partial charge in [0.2, 0.25) is 0 Å². The van der Waals surface area contributed by atoms with E-state index in [-0.39, 0.29) is 6.01 Å². The van der Waals surface area contributed by atoms with Gasteiger partial charge in [-0.2, -0.15) is 0 Å². The molecule has 0 aliphatic heterocycles. The van der Waals surface area contributed by atoms with Crippen LogP contribution in [0.1, 0.15) is 17.3 Å². The monoisotopic (exact) mass is 404 g/mol. The molecule has 0 amide bonds. The average molecular weight is 404 g/mol. The van der Waals surface area contributed by atoms with E-state index in [2.05, 4.69) is 25.5 Å². The molecule has 4 aromatic rings.